The van der Waals surface area contributed by atoms with Gasteiger partial charge in [-0.3, -0.25) is 4.55 Å². The molecule has 0 saturated heterocycles. The van der Waals surface area contributed by atoms with Crippen LogP contribution in [0.2, 0.25) is 0 Å². The van der Waals surface area contributed by atoms with Gasteiger partial charge in [0.05, 0.1) is 12.0 Å². The number of hydrogen-bond donors (Lipinski definition) is 2. The number of carbonyl (C=O) groups excluding carboxylic acids is 1. The van der Waals surface area contributed by atoms with Gasteiger partial charge in [0.2, 0.25) is 0 Å². The van der Waals surface area contributed by atoms with E-state index in [0.29, 0.717) is 12.2 Å². The predicted molar refractivity (Wildman–Crippen MR) is 111 cm³/mol. The fourth-order valence-corrected chi connectivity index (χ4v) is 3.32. The number of unbranched alkanes of at least 4 members (excludes halogenated alkanes) is 7. The Morgan fingerprint density at radius 2 is 1.79 bits per heavy atom. The van der Waals surface area contributed by atoms with Crippen LogP contribution in [-0.4, -0.2) is 60.9 Å². The number of carbonyl (C=O) groups is 1. The third-order valence-electron chi connectivity index (χ3n) is 4.28. The molecule has 0 aliphatic rings. The monoisotopic (exact) mass is 427 g/mol. The minimum absolute atomic E-state index is 0. The van der Waals surface area contributed by atoms with E-state index >= 15 is 0 Å². The molecule has 0 fully saturated rings. The molecule has 1 amide bonds. The van der Waals surface area contributed by atoms with Crippen LogP contribution in [0.4, 0.5) is 4.79 Å². The van der Waals surface area contributed by atoms with Crippen molar-refractivity contribution in [3.63, 3.8) is 0 Å². The average molecular weight is 428 g/mol. The fraction of sp³-hybridized carbons (Fsp3) is 0.737. The van der Waals surface area contributed by atoms with Gasteiger partial charge in [0.15, 0.2) is 6.10 Å². The van der Waals surface area contributed by atoms with Gasteiger partial charge >= 0.3 is 35.7 Å². The summed E-state index contributed by atoms with van der Waals surface area (Å²) in [6.07, 6.45) is 10.8. The van der Waals surface area contributed by atoms with Gasteiger partial charge in [-0.05, 0) is 31.4 Å². The number of nitrogens with one attached hydrogen (secondary N) is 1. The van der Waals surface area contributed by atoms with Gasteiger partial charge in [0, 0.05) is 6.54 Å². The van der Waals surface area contributed by atoms with E-state index in [1.165, 1.54) is 38.5 Å². The molecule has 1 atom stereocenters. The number of furan rings is 1. The summed E-state index contributed by atoms with van der Waals surface area (Å²) < 4.78 is 40.8. The second kappa shape index (κ2) is 16.3. The fourth-order valence-electron chi connectivity index (χ4n) is 2.81. The average Bonchev–Trinajstić information content (AvgIpc) is 3.14. The van der Waals surface area contributed by atoms with Crippen LogP contribution in [-0.2, 0) is 14.9 Å². The van der Waals surface area contributed by atoms with Gasteiger partial charge in [-0.25, -0.2) is 4.79 Å². The number of ether oxygens (including phenoxy) is 1. The normalized spacial score (nSPS) is 12.2. The van der Waals surface area contributed by atoms with Gasteiger partial charge in [-0.1, -0.05) is 51.9 Å². The predicted octanol–water partition coefficient (Wildman–Crippen LogP) is 4.21. The maximum atomic E-state index is 11.9. The van der Waals surface area contributed by atoms with Gasteiger partial charge in [-0.2, -0.15) is 8.42 Å². The van der Waals surface area contributed by atoms with E-state index in [9.17, 15) is 13.2 Å². The van der Waals surface area contributed by atoms with Gasteiger partial charge < -0.3 is 14.5 Å². The van der Waals surface area contributed by atoms with E-state index in [2.05, 4.69) is 12.2 Å². The van der Waals surface area contributed by atoms with Crippen LogP contribution in [0.3, 0.4) is 0 Å². The number of rotatable bonds is 15. The first-order valence-corrected chi connectivity index (χ1v) is 11.5. The van der Waals surface area contributed by atoms with Crippen molar-refractivity contribution in [1.82, 2.24) is 5.32 Å². The van der Waals surface area contributed by atoms with Gasteiger partial charge in [-0.15, -0.1) is 0 Å². The van der Waals surface area contributed by atoms with Crippen LogP contribution in [0.1, 0.15) is 83.0 Å². The third-order valence-corrected chi connectivity index (χ3v) is 5.08. The van der Waals surface area contributed by atoms with Crippen molar-refractivity contribution in [2.45, 2.75) is 77.2 Å². The Kier molecular flexibility index (Phi) is 16.0. The summed E-state index contributed by atoms with van der Waals surface area (Å²) >= 11 is 0. The zero-order chi connectivity index (χ0) is 20.0. The number of alkyl carbamates (subject to hydrolysis) is 1. The number of hydrogen-bond acceptors (Lipinski definition) is 5. The van der Waals surface area contributed by atoms with Crippen molar-refractivity contribution >= 4 is 45.8 Å². The Morgan fingerprint density at radius 1 is 1.14 bits per heavy atom. The Bertz CT molecular complexity index is 606. The molecule has 0 radical (unpaired) electrons. The van der Waals surface area contributed by atoms with Crippen LogP contribution in [0, 0.1) is 0 Å². The standard InChI is InChI=1S/C19H33NO6S.Na.H/c1-2-3-4-5-6-7-8-9-12-18(17-13-10-15-25-17)26-19(21)20-14-11-16-27(22,23)24;;/h10,13,15,18H,2-9,11-12,14,16H2,1H3,(H,20,21)(H,22,23,24);;. The molecule has 9 heteroatoms. The van der Waals surface area contributed by atoms with E-state index in [1.54, 1.807) is 18.4 Å². The molecule has 28 heavy (non-hydrogen) atoms. The summed E-state index contributed by atoms with van der Waals surface area (Å²) in [4.78, 5) is 11.9. The summed E-state index contributed by atoms with van der Waals surface area (Å²) in [6.45, 7) is 2.32. The Balaban J connectivity index is 0.00000729. The van der Waals surface area contributed by atoms with Gasteiger partial charge in [0.25, 0.3) is 10.1 Å². The summed E-state index contributed by atoms with van der Waals surface area (Å²) in [7, 11) is -4.01. The van der Waals surface area contributed by atoms with Crippen LogP contribution < -0.4 is 5.32 Å². The second-order valence-corrected chi connectivity index (χ2v) is 8.31. The minimum atomic E-state index is -4.01. The SMILES string of the molecule is CCCCCCCCCCC(OC(=O)NCCCS(=O)(=O)O)c1ccco1.[NaH]. The zero-order valence-corrected chi connectivity index (χ0v) is 17.0. The molecule has 0 aliphatic heterocycles. The van der Waals surface area contributed by atoms with Crippen molar-refractivity contribution in [1.29, 1.82) is 0 Å². The van der Waals surface area contributed by atoms with Crippen molar-refractivity contribution in [2.75, 3.05) is 12.3 Å². The molecule has 2 N–H and O–H groups in total. The number of amides is 1. The van der Waals surface area contributed by atoms with Crippen molar-refractivity contribution < 1.29 is 26.9 Å². The molecule has 1 aromatic rings. The Labute approximate surface area is 191 Å². The summed E-state index contributed by atoms with van der Waals surface area (Å²) in [5.41, 5.74) is 0. The molecule has 158 valence electrons. The van der Waals surface area contributed by atoms with Crippen molar-refractivity contribution in [3.05, 3.63) is 24.2 Å². The molecule has 0 bridgehead atoms. The molecule has 0 spiro atoms. The molecular weight excluding hydrogens is 393 g/mol. The quantitative estimate of drug-likeness (QED) is 0.247. The molecule has 1 unspecified atom stereocenters. The molecular formula is C19H34NNaO6S. The van der Waals surface area contributed by atoms with Crippen molar-refractivity contribution in [3.8, 4) is 0 Å². The first-order valence-electron chi connectivity index (χ1n) is 9.85. The molecule has 1 aromatic heterocycles. The Morgan fingerprint density at radius 3 is 2.36 bits per heavy atom. The van der Waals surface area contributed by atoms with Crippen molar-refractivity contribution in [2.24, 2.45) is 0 Å². The molecule has 0 aromatic carbocycles. The van der Waals surface area contributed by atoms with E-state index < -0.39 is 28.1 Å². The summed E-state index contributed by atoms with van der Waals surface area (Å²) in [6, 6.07) is 3.53. The zero-order valence-electron chi connectivity index (χ0n) is 16.2. The van der Waals surface area contributed by atoms with E-state index in [0.717, 1.165) is 12.8 Å². The van der Waals surface area contributed by atoms with Crippen LogP contribution >= 0.6 is 0 Å². The molecule has 0 aliphatic carbocycles. The summed E-state index contributed by atoms with van der Waals surface area (Å²) in [5.74, 6) is 0.207. The van der Waals surface area contributed by atoms with E-state index in [1.807, 2.05) is 0 Å². The maximum absolute atomic E-state index is 11.9. The first kappa shape index (κ1) is 27.5. The third kappa shape index (κ3) is 14.5. The van der Waals surface area contributed by atoms with E-state index in [-0.39, 0.29) is 42.5 Å². The second-order valence-electron chi connectivity index (χ2n) is 6.74. The van der Waals surface area contributed by atoms with E-state index in [4.69, 9.17) is 13.7 Å². The first-order chi connectivity index (χ1) is 12.9. The van der Waals surface area contributed by atoms with Crippen LogP contribution in [0.15, 0.2) is 22.8 Å². The molecule has 1 heterocycles. The summed E-state index contributed by atoms with van der Waals surface area (Å²) in [5, 5.41) is 2.50. The van der Waals surface area contributed by atoms with Crippen LogP contribution in [0.25, 0.3) is 0 Å². The van der Waals surface area contributed by atoms with Crippen LogP contribution in [0.5, 0.6) is 0 Å². The van der Waals surface area contributed by atoms with Gasteiger partial charge in [0.1, 0.15) is 5.76 Å². The molecule has 1 rings (SSSR count). The Hall–Kier alpha value is -0.540. The topological polar surface area (TPSA) is 106 Å². The molecule has 0 saturated carbocycles. The molecule has 7 nitrogen and oxygen atoms in total.